The first kappa shape index (κ1) is 11.4. The second-order valence-electron chi connectivity index (χ2n) is 3.82. The van der Waals surface area contributed by atoms with Crippen molar-refractivity contribution in [2.75, 3.05) is 25.1 Å². The number of fused-ring (bicyclic) bond motifs is 1. The van der Waals surface area contributed by atoms with E-state index >= 15 is 0 Å². The smallest absolute Gasteiger partial charge is 0.354 e. The van der Waals surface area contributed by atoms with E-state index in [-0.39, 0.29) is 17.9 Å². The van der Waals surface area contributed by atoms with E-state index in [4.69, 9.17) is 4.74 Å². The number of anilines is 1. The van der Waals surface area contributed by atoms with E-state index in [1.165, 1.54) is 0 Å². The van der Waals surface area contributed by atoms with Crippen LogP contribution in [-0.2, 0) is 4.74 Å². The van der Waals surface area contributed by atoms with E-state index in [1.807, 2.05) is 24.1 Å². The van der Waals surface area contributed by atoms with Gasteiger partial charge >= 0.3 is 5.97 Å². The number of nitrogens with one attached hydrogen (secondary N) is 1. The summed E-state index contributed by atoms with van der Waals surface area (Å²) in [4.78, 5) is 27.8. The Morgan fingerprint density at radius 2 is 2.35 bits per heavy atom. The molecule has 0 saturated carbocycles. The minimum atomic E-state index is -0.506. The molecule has 17 heavy (non-hydrogen) atoms. The molecule has 0 spiro atoms. The number of aromatic nitrogens is 1. The van der Waals surface area contributed by atoms with Gasteiger partial charge in [0.25, 0.3) is 5.56 Å². The van der Waals surface area contributed by atoms with Crippen LogP contribution in [0.4, 0.5) is 5.69 Å². The third-order valence-electron chi connectivity index (χ3n) is 2.59. The molecule has 0 radical (unpaired) electrons. The average Bonchev–Trinajstić information content (AvgIpc) is 2.29. The van der Waals surface area contributed by atoms with Gasteiger partial charge in [-0.3, -0.25) is 4.79 Å². The van der Waals surface area contributed by atoms with Crippen LogP contribution in [0, 0.1) is 0 Å². The van der Waals surface area contributed by atoms with Crippen molar-refractivity contribution in [3.63, 3.8) is 0 Å². The van der Waals surface area contributed by atoms with Crippen LogP contribution in [0.25, 0.3) is 6.08 Å². The van der Waals surface area contributed by atoms with Crippen LogP contribution in [0.5, 0.6) is 0 Å². The molecule has 1 aliphatic heterocycles. The molecule has 0 unspecified atom stereocenters. The monoisotopic (exact) mass is 234 g/mol. The second kappa shape index (κ2) is 4.45. The average molecular weight is 234 g/mol. The molecule has 0 amide bonds. The highest BCUT2D eigenvalue weighted by Crippen LogP contribution is 2.20. The number of hydrogen-bond acceptors (Lipinski definition) is 4. The summed E-state index contributed by atoms with van der Waals surface area (Å²) in [5.41, 5.74) is 1.25. The lowest BCUT2D eigenvalue weighted by molar-refractivity contribution is 0.0519. The number of carbonyl (C=O) groups is 1. The summed E-state index contributed by atoms with van der Waals surface area (Å²) in [6.45, 7) is 2.70. The summed E-state index contributed by atoms with van der Waals surface area (Å²) in [6, 6.07) is 1.64. The molecule has 0 atom stereocenters. The van der Waals surface area contributed by atoms with Gasteiger partial charge < -0.3 is 14.6 Å². The number of aromatic amines is 1. The Bertz CT molecular complexity index is 531. The van der Waals surface area contributed by atoms with Gasteiger partial charge in [0.15, 0.2) is 0 Å². The Morgan fingerprint density at radius 1 is 1.59 bits per heavy atom. The fourth-order valence-electron chi connectivity index (χ4n) is 1.84. The first-order valence-corrected chi connectivity index (χ1v) is 5.45. The summed E-state index contributed by atoms with van der Waals surface area (Å²) in [5, 5.41) is 0. The Kier molecular flexibility index (Phi) is 2.99. The molecule has 0 fully saturated rings. The number of ether oxygens (including phenoxy) is 1. The van der Waals surface area contributed by atoms with Crippen LogP contribution >= 0.6 is 0 Å². The number of carbonyl (C=O) groups excluding carboxylic acids is 1. The summed E-state index contributed by atoms with van der Waals surface area (Å²) in [7, 11) is 1.83. The Hall–Kier alpha value is -2.04. The Labute approximate surface area is 98.7 Å². The van der Waals surface area contributed by atoms with Crippen molar-refractivity contribution < 1.29 is 9.53 Å². The topological polar surface area (TPSA) is 62.4 Å². The van der Waals surface area contributed by atoms with Gasteiger partial charge in [0.2, 0.25) is 0 Å². The van der Waals surface area contributed by atoms with E-state index in [9.17, 15) is 9.59 Å². The molecule has 2 heterocycles. The largest absolute Gasteiger partial charge is 0.461 e. The van der Waals surface area contributed by atoms with Crippen molar-refractivity contribution in [2.24, 2.45) is 0 Å². The van der Waals surface area contributed by atoms with Gasteiger partial charge in [0, 0.05) is 19.2 Å². The molecular formula is C12H14N2O3. The molecule has 0 bridgehead atoms. The maximum absolute atomic E-state index is 11.9. The van der Waals surface area contributed by atoms with Gasteiger partial charge in [-0.15, -0.1) is 0 Å². The van der Waals surface area contributed by atoms with Crippen LogP contribution in [-0.4, -0.2) is 31.2 Å². The fraction of sp³-hybridized carbons (Fsp3) is 0.333. The highest BCUT2D eigenvalue weighted by Gasteiger charge is 2.17. The molecule has 1 aromatic rings. The van der Waals surface area contributed by atoms with Crippen molar-refractivity contribution in [3.8, 4) is 0 Å². The number of H-pyrrole nitrogens is 1. The zero-order valence-electron chi connectivity index (χ0n) is 9.82. The minimum Gasteiger partial charge on any atom is -0.461 e. The first-order chi connectivity index (χ1) is 8.13. The quantitative estimate of drug-likeness (QED) is 0.776. The molecule has 1 aliphatic rings. The molecule has 0 aliphatic carbocycles. The van der Waals surface area contributed by atoms with Crippen molar-refractivity contribution in [3.05, 3.63) is 33.8 Å². The van der Waals surface area contributed by atoms with Crippen molar-refractivity contribution in [2.45, 2.75) is 6.92 Å². The normalized spacial score (nSPS) is 13.4. The number of pyridine rings is 1. The first-order valence-electron chi connectivity index (χ1n) is 5.45. The maximum atomic E-state index is 11.9. The molecular weight excluding hydrogens is 220 g/mol. The summed E-state index contributed by atoms with van der Waals surface area (Å²) in [6.07, 6.45) is 3.78. The van der Waals surface area contributed by atoms with Gasteiger partial charge in [-0.05, 0) is 13.0 Å². The molecule has 5 nitrogen and oxygen atoms in total. The molecule has 0 aromatic carbocycles. The summed E-state index contributed by atoms with van der Waals surface area (Å²) < 4.78 is 4.85. The number of hydrogen-bond donors (Lipinski definition) is 1. The summed E-state index contributed by atoms with van der Waals surface area (Å²) in [5.74, 6) is -0.506. The SMILES string of the molecule is CCOC(=O)c1cc2c(c(=O)[nH]1)N(C)CC=C2. The van der Waals surface area contributed by atoms with Gasteiger partial charge in [0.05, 0.1) is 6.61 Å². The van der Waals surface area contributed by atoms with E-state index in [1.54, 1.807) is 13.0 Å². The minimum absolute atomic E-state index is 0.190. The lowest BCUT2D eigenvalue weighted by Crippen LogP contribution is -2.29. The van der Waals surface area contributed by atoms with Crippen LogP contribution < -0.4 is 10.5 Å². The van der Waals surface area contributed by atoms with Crippen LogP contribution in [0.15, 0.2) is 16.9 Å². The van der Waals surface area contributed by atoms with Gasteiger partial charge in [-0.1, -0.05) is 12.2 Å². The van der Waals surface area contributed by atoms with Crippen molar-refractivity contribution >= 4 is 17.7 Å². The number of esters is 1. The maximum Gasteiger partial charge on any atom is 0.354 e. The predicted octanol–water partition coefficient (Wildman–Crippen LogP) is 1.01. The van der Waals surface area contributed by atoms with E-state index < -0.39 is 5.97 Å². The summed E-state index contributed by atoms with van der Waals surface area (Å²) >= 11 is 0. The zero-order chi connectivity index (χ0) is 12.4. The predicted molar refractivity (Wildman–Crippen MR) is 65.3 cm³/mol. The molecule has 90 valence electrons. The molecule has 0 saturated heterocycles. The lowest BCUT2D eigenvalue weighted by atomic mass is 10.1. The number of nitrogens with zero attached hydrogens (tertiary/aromatic N) is 1. The van der Waals surface area contributed by atoms with Gasteiger partial charge in [-0.25, -0.2) is 4.79 Å². The van der Waals surface area contributed by atoms with Crippen LogP contribution in [0.1, 0.15) is 23.0 Å². The van der Waals surface area contributed by atoms with Gasteiger partial charge in [0.1, 0.15) is 11.4 Å². The fourth-order valence-corrected chi connectivity index (χ4v) is 1.84. The van der Waals surface area contributed by atoms with Crippen LogP contribution in [0.2, 0.25) is 0 Å². The second-order valence-corrected chi connectivity index (χ2v) is 3.82. The van der Waals surface area contributed by atoms with Gasteiger partial charge in [-0.2, -0.15) is 0 Å². The lowest BCUT2D eigenvalue weighted by Gasteiger charge is -2.22. The highest BCUT2D eigenvalue weighted by molar-refractivity contribution is 5.89. The zero-order valence-corrected chi connectivity index (χ0v) is 9.82. The molecule has 5 heteroatoms. The molecule has 2 rings (SSSR count). The number of rotatable bonds is 2. The van der Waals surface area contributed by atoms with E-state index in [0.29, 0.717) is 12.2 Å². The Morgan fingerprint density at radius 3 is 3.06 bits per heavy atom. The third kappa shape index (κ3) is 2.08. The van der Waals surface area contributed by atoms with Crippen molar-refractivity contribution in [1.82, 2.24) is 4.98 Å². The highest BCUT2D eigenvalue weighted by atomic mass is 16.5. The van der Waals surface area contributed by atoms with Crippen LogP contribution in [0.3, 0.4) is 0 Å². The van der Waals surface area contributed by atoms with Crippen molar-refractivity contribution in [1.29, 1.82) is 0 Å². The number of likely N-dealkylation sites (N-methyl/N-ethyl adjacent to an activating group) is 1. The third-order valence-corrected chi connectivity index (χ3v) is 2.59. The molecule has 1 N–H and O–H groups in total. The molecule has 1 aromatic heterocycles. The standard InChI is InChI=1S/C12H14N2O3/c1-3-17-12(16)9-7-8-5-4-6-14(2)10(8)11(15)13-9/h4-5,7H,3,6H2,1-2H3,(H,13,15). The van der Waals surface area contributed by atoms with E-state index in [0.717, 1.165) is 5.56 Å². The van der Waals surface area contributed by atoms with E-state index in [2.05, 4.69) is 4.98 Å². The Balaban J connectivity index is 2.49.